The van der Waals surface area contributed by atoms with Crippen LogP contribution in [0.25, 0.3) is 22.1 Å². The number of thiazole rings is 1. The first-order valence-corrected chi connectivity index (χ1v) is 11.2. The number of halogens is 2. The van der Waals surface area contributed by atoms with Crippen molar-refractivity contribution in [2.75, 3.05) is 0 Å². The summed E-state index contributed by atoms with van der Waals surface area (Å²) < 4.78 is 8.07. The van der Waals surface area contributed by atoms with E-state index >= 15 is 0 Å². The highest BCUT2D eigenvalue weighted by atomic mass is 35.5. The number of fused-ring (bicyclic) bond motifs is 3. The molecule has 2 aromatic heterocycles. The SMILES string of the molecule is Cc1cccc(COc2c(Cl)cc(/C=c3\sc4nc5ccccc5n4c3=O)cc2Cl)c1. The molecule has 0 saturated heterocycles. The van der Waals surface area contributed by atoms with E-state index in [0.717, 1.165) is 27.7 Å². The van der Waals surface area contributed by atoms with Gasteiger partial charge in [0.15, 0.2) is 10.7 Å². The number of nitrogens with zero attached hydrogens (tertiary/aromatic N) is 2. The molecule has 0 aliphatic heterocycles. The van der Waals surface area contributed by atoms with Crippen molar-refractivity contribution in [2.45, 2.75) is 13.5 Å². The van der Waals surface area contributed by atoms with Crippen LogP contribution in [0, 0.1) is 6.92 Å². The molecule has 7 heteroatoms. The van der Waals surface area contributed by atoms with Gasteiger partial charge in [0.1, 0.15) is 6.61 Å². The molecule has 154 valence electrons. The number of rotatable bonds is 4. The highest BCUT2D eigenvalue weighted by molar-refractivity contribution is 7.15. The summed E-state index contributed by atoms with van der Waals surface area (Å²) in [6.07, 6.45) is 1.78. The Hall–Kier alpha value is -2.86. The zero-order valence-corrected chi connectivity index (χ0v) is 18.8. The minimum absolute atomic E-state index is 0.110. The Morgan fingerprint density at radius 3 is 2.61 bits per heavy atom. The molecule has 5 rings (SSSR count). The lowest BCUT2D eigenvalue weighted by atomic mass is 10.1. The summed E-state index contributed by atoms with van der Waals surface area (Å²) >= 11 is 14.2. The molecule has 0 fully saturated rings. The van der Waals surface area contributed by atoms with Gasteiger partial charge in [-0.15, -0.1) is 0 Å². The van der Waals surface area contributed by atoms with Crippen LogP contribution in [0.3, 0.4) is 0 Å². The van der Waals surface area contributed by atoms with Crippen molar-refractivity contribution in [3.8, 4) is 5.75 Å². The highest BCUT2D eigenvalue weighted by Gasteiger charge is 2.13. The van der Waals surface area contributed by atoms with Gasteiger partial charge < -0.3 is 4.74 Å². The van der Waals surface area contributed by atoms with Gasteiger partial charge in [-0.05, 0) is 48.4 Å². The normalized spacial score (nSPS) is 12.2. The van der Waals surface area contributed by atoms with Gasteiger partial charge >= 0.3 is 0 Å². The third-order valence-corrected chi connectivity index (χ3v) is 6.46. The number of para-hydroxylation sites is 2. The quantitative estimate of drug-likeness (QED) is 0.343. The molecular formula is C24H16Cl2N2O2S. The Morgan fingerprint density at radius 1 is 1.06 bits per heavy atom. The van der Waals surface area contributed by atoms with Gasteiger partial charge in [-0.2, -0.15) is 0 Å². The second kappa shape index (κ2) is 8.00. The number of aromatic nitrogens is 2. The topological polar surface area (TPSA) is 43.6 Å². The Bertz CT molecular complexity index is 1530. The molecular weight excluding hydrogens is 451 g/mol. The predicted molar refractivity (Wildman–Crippen MR) is 128 cm³/mol. The molecule has 0 bridgehead atoms. The Kier molecular flexibility index (Phi) is 5.18. The molecule has 0 radical (unpaired) electrons. The Balaban J connectivity index is 1.49. The van der Waals surface area contributed by atoms with Crippen LogP contribution in [0.15, 0.2) is 65.5 Å². The number of aryl methyl sites for hydroxylation is 1. The maximum Gasteiger partial charge on any atom is 0.274 e. The zero-order chi connectivity index (χ0) is 21.5. The van der Waals surface area contributed by atoms with Crippen LogP contribution in [0.5, 0.6) is 5.75 Å². The average Bonchev–Trinajstić information content (AvgIpc) is 3.24. The van der Waals surface area contributed by atoms with Crippen molar-refractivity contribution < 1.29 is 4.74 Å². The zero-order valence-electron chi connectivity index (χ0n) is 16.4. The molecule has 0 atom stereocenters. The summed E-state index contributed by atoms with van der Waals surface area (Å²) in [7, 11) is 0. The van der Waals surface area contributed by atoms with Gasteiger partial charge in [-0.1, -0.05) is 76.5 Å². The van der Waals surface area contributed by atoms with E-state index in [1.807, 2.05) is 49.4 Å². The van der Waals surface area contributed by atoms with Gasteiger partial charge in [0.2, 0.25) is 0 Å². The van der Waals surface area contributed by atoms with Gasteiger partial charge in [0, 0.05) is 0 Å². The largest absolute Gasteiger partial charge is 0.486 e. The molecule has 0 amide bonds. The lowest BCUT2D eigenvalue weighted by Crippen LogP contribution is -2.22. The second-order valence-electron chi connectivity index (χ2n) is 7.23. The van der Waals surface area contributed by atoms with E-state index in [1.165, 1.54) is 11.3 Å². The summed E-state index contributed by atoms with van der Waals surface area (Å²) in [4.78, 5) is 18.1. The number of hydrogen-bond donors (Lipinski definition) is 0. The van der Waals surface area contributed by atoms with Crippen LogP contribution in [-0.4, -0.2) is 9.38 Å². The molecule has 0 aliphatic carbocycles. The standard InChI is InChI=1S/C24H16Cl2N2O2S/c1-14-5-4-6-15(9-14)13-30-22-17(25)10-16(11-18(22)26)12-21-23(29)28-20-8-3-2-7-19(20)27-24(28)31-21/h2-12H,13H2,1H3/b21-12-. The molecule has 0 spiro atoms. The predicted octanol–water partition coefficient (Wildman–Crippen LogP) is 5.65. The fourth-order valence-electron chi connectivity index (χ4n) is 3.52. The van der Waals surface area contributed by atoms with Crippen molar-refractivity contribution in [1.82, 2.24) is 9.38 Å². The smallest absolute Gasteiger partial charge is 0.274 e. The van der Waals surface area contributed by atoms with Gasteiger partial charge in [0.05, 0.1) is 25.6 Å². The highest BCUT2D eigenvalue weighted by Crippen LogP contribution is 2.35. The van der Waals surface area contributed by atoms with Crippen LogP contribution < -0.4 is 14.8 Å². The maximum absolute atomic E-state index is 12.9. The molecule has 0 aliphatic rings. The van der Waals surface area contributed by atoms with Gasteiger partial charge in [-0.25, -0.2) is 9.38 Å². The summed E-state index contributed by atoms with van der Waals surface area (Å²) in [5.41, 5.74) is 4.41. The van der Waals surface area contributed by atoms with E-state index in [-0.39, 0.29) is 5.56 Å². The summed E-state index contributed by atoms with van der Waals surface area (Å²) in [6, 6.07) is 19.1. The van der Waals surface area contributed by atoms with Crippen molar-refractivity contribution in [3.05, 3.63) is 102 Å². The maximum atomic E-state index is 12.9. The monoisotopic (exact) mass is 466 g/mol. The molecule has 31 heavy (non-hydrogen) atoms. The molecule has 3 aromatic carbocycles. The van der Waals surface area contributed by atoms with E-state index in [2.05, 4.69) is 11.1 Å². The summed E-state index contributed by atoms with van der Waals surface area (Å²) in [5.74, 6) is 0.427. The lowest BCUT2D eigenvalue weighted by molar-refractivity contribution is 0.306. The van der Waals surface area contributed by atoms with E-state index in [1.54, 1.807) is 22.6 Å². The number of benzene rings is 3. The third kappa shape index (κ3) is 3.81. The first-order valence-electron chi connectivity index (χ1n) is 9.59. The summed E-state index contributed by atoms with van der Waals surface area (Å²) in [6.45, 7) is 2.40. The first-order chi connectivity index (χ1) is 15.0. The lowest BCUT2D eigenvalue weighted by Gasteiger charge is -2.11. The number of hydrogen-bond acceptors (Lipinski definition) is 4. The van der Waals surface area contributed by atoms with E-state index in [4.69, 9.17) is 27.9 Å². The van der Waals surface area contributed by atoms with E-state index < -0.39 is 0 Å². The Morgan fingerprint density at radius 2 is 1.84 bits per heavy atom. The van der Waals surface area contributed by atoms with Crippen molar-refractivity contribution in [1.29, 1.82) is 0 Å². The fraction of sp³-hybridized carbons (Fsp3) is 0.0833. The second-order valence-corrected chi connectivity index (χ2v) is 9.05. The molecule has 0 unspecified atom stereocenters. The van der Waals surface area contributed by atoms with E-state index in [0.29, 0.717) is 31.9 Å². The van der Waals surface area contributed by atoms with Crippen LogP contribution in [-0.2, 0) is 6.61 Å². The Labute approximate surface area is 191 Å². The molecule has 4 nitrogen and oxygen atoms in total. The fourth-order valence-corrected chi connectivity index (χ4v) is 5.12. The molecule has 0 saturated carbocycles. The van der Waals surface area contributed by atoms with Gasteiger partial charge in [0.25, 0.3) is 5.56 Å². The molecule has 5 aromatic rings. The van der Waals surface area contributed by atoms with Crippen LogP contribution in [0.1, 0.15) is 16.7 Å². The summed E-state index contributed by atoms with van der Waals surface area (Å²) in [5, 5.41) is 0.788. The minimum atomic E-state index is -0.110. The van der Waals surface area contributed by atoms with Crippen molar-refractivity contribution >= 4 is 56.6 Å². The number of imidazole rings is 1. The van der Waals surface area contributed by atoms with Crippen LogP contribution in [0.4, 0.5) is 0 Å². The van der Waals surface area contributed by atoms with Crippen molar-refractivity contribution in [2.24, 2.45) is 0 Å². The van der Waals surface area contributed by atoms with Crippen LogP contribution >= 0.6 is 34.5 Å². The first kappa shape index (κ1) is 20.1. The molecule has 2 heterocycles. The van der Waals surface area contributed by atoms with Gasteiger partial charge in [-0.3, -0.25) is 4.79 Å². The molecule has 0 N–H and O–H groups in total. The number of ether oxygens (including phenoxy) is 1. The van der Waals surface area contributed by atoms with Crippen molar-refractivity contribution in [3.63, 3.8) is 0 Å². The third-order valence-electron chi connectivity index (χ3n) is 4.93. The minimum Gasteiger partial charge on any atom is -0.486 e. The van der Waals surface area contributed by atoms with Crippen LogP contribution in [0.2, 0.25) is 10.0 Å². The van der Waals surface area contributed by atoms with E-state index in [9.17, 15) is 4.79 Å². The average molecular weight is 467 g/mol.